The fourth-order valence-corrected chi connectivity index (χ4v) is 3.03. The molecule has 1 aromatic carbocycles. The molecule has 0 aliphatic rings. The third kappa shape index (κ3) is 4.50. The Labute approximate surface area is 159 Å². The van der Waals surface area contributed by atoms with Gasteiger partial charge >= 0.3 is 5.97 Å². The summed E-state index contributed by atoms with van der Waals surface area (Å²) >= 11 is 1.21. The van der Waals surface area contributed by atoms with E-state index in [-0.39, 0.29) is 18.1 Å². The lowest BCUT2D eigenvalue weighted by Crippen LogP contribution is -2.12. The van der Waals surface area contributed by atoms with Crippen molar-refractivity contribution in [1.29, 1.82) is 0 Å². The van der Waals surface area contributed by atoms with E-state index in [1.165, 1.54) is 17.4 Å². The maximum atomic E-state index is 12.4. The summed E-state index contributed by atoms with van der Waals surface area (Å²) < 4.78 is 15.4. The van der Waals surface area contributed by atoms with Crippen molar-refractivity contribution < 1.29 is 23.6 Å². The zero-order valence-corrected chi connectivity index (χ0v) is 15.5. The molecule has 0 aliphatic heterocycles. The molecule has 0 fully saturated rings. The summed E-state index contributed by atoms with van der Waals surface area (Å²) in [6.07, 6.45) is 0.0577. The first kappa shape index (κ1) is 18.6. The van der Waals surface area contributed by atoms with Gasteiger partial charge in [-0.2, -0.15) is 0 Å². The van der Waals surface area contributed by atoms with Gasteiger partial charge in [-0.15, -0.1) is 11.3 Å². The number of thiazole rings is 1. The Morgan fingerprint density at radius 2 is 2.11 bits per heavy atom. The molecule has 8 nitrogen and oxygen atoms in total. The minimum Gasteiger partial charge on any atom is -0.496 e. The molecule has 0 aliphatic carbocycles. The molecule has 0 bridgehead atoms. The normalized spacial score (nSPS) is 10.4. The Balaban J connectivity index is 1.68. The SMILES string of the molecule is CCOC(=O)Cc1csc(NC(=O)c2cc(-c3ccccc3OC)on2)n1. The van der Waals surface area contributed by atoms with Crippen molar-refractivity contribution in [1.82, 2.24) is 10.1 Å². The molecule has 0 spiro atoms. The van der Waals surface area contributed by atoms with E-state index >= 15 is 0 Å². The highest BCUT2D eigenvalue weighted by Crippen LogP contribution is 2.30. The second kappa shape index (κ2) is 8.45. The molecule has 2 aromatic heterocycles. The van der Waals surface area contributed by atoms with Gasteiger partial charge in [-0.05, 0) is 19.1 Å². The Bertz CT molecular complexity index is 950. The van der Waals surface area contributed by atoms with Crippen LogP contribution in [-0.2, 0) is 16.0 Å². The third-order valence-corrected chi connectivity index (χ3v) is 4.32. The Kier molecular flexibility index (Phi) is 5.82. The second-order valence-corrected chi connectivity index (χ2v) is 6.21. The van der Waals surface area contributed by atoms with Gasteiger partial charge in [-0.3, -0.25) is 14.9 Å². The molecule has 3 rings (SSSR count). The Morgan fingerprint density at radius 1 is 1.30 bits per heavy atom. The molecule has 27 heavy (non-hydrogen) atoms. The van der Waals surface area contributed by atoms with Crippen LogP contribution in [0.3, 0.4) is 0 Å². The zero-order chi connectivity index (χ0) is 19.2. The molecule has 0 radical (unpaired) electrons. The molecule has 3 aromatic rings. The first-order chi connectivity index (χ1) is 13.1. The van der Waals surface area contributed by atoms with E-state index in [0.717, 1.165) is 0 Å². The number of amides is 1. The highest BCUT2D eigenvalue weighted by Gasteiger charge is 2.17. The lowest BCUT2D eigenvalue weighted by molar-refractivity contribution is -0.142. The number of hydrogen-bond acceptors (Lipinski definition) is 8. The molecule has 1 N–H and O–H groups in total. The number of aromatic nitrogens is 2. The van der Waals surface area contributed by atoms with Gasteiger partial charge in [0.25, 0.3) is 5.91 Å². The number of rotatable bonds is 7. The second-order valence-electron chi connectivity index (χ2n) is 5.36. The lowest BCUT2D eigenvalue weighted by Gasteiger charge is -2.03. The summed E-state index contributed by atoms with van der Waals surface area (Å²) in [5.41, 5.74) is 1.33. The number of methoxy groups -OCH3 is 1. The first-order valence-electron chi connectivity index (χ1n) is 8.12. The van der Waals surface area contributed by atoms with Crippen LogP contribution in [0.25, 0.3) is 11.3 Å². The molecule has 0 unspecified atom stereocenters. The highest BCUT2D eigenvalue weighted by atomic mass is 32.1. The van der Waals surface area contributed by atoms with Gasteiger partial charge in [0.2, 0.25) is 0 Å². The molecule has 140 valence electrons. The minimum absolute atomic E-state index is 0.0577. The van der Waals surface area contributed by atoms with Crippen LogP contribution < -0.4 is 10.1 Å². The van der Waals surface area contributed by atoms with Crippen LogP contribution in [0.1, 0.15) is 23.1 Å². The standard InChI is InChI=1S/C18H17N3O5S/c1-3-25-16(22)8-11-10-27-18(19-11)20-17(23)13-9-15(26-21-13)12-6-4-5-7-14(12)24-2/h4-7,9-10H,3,8H2,1-2H3,(H,19,20,23). The number of nitrogens with zero attached hydrogens (tertiary/aromatic N) is 2. The largest absolute Gasteiger partial charge is 0.496 e. The Morgan fingerprint density at radius 3 is 2.89 bits per heavy atom. The van der Waals surface area contributed by atoms with Crippen LogP contribution in [0.4, 0.5) is 5.13 Å². The number of carbonyl (C=O) groups excluding carboxylic acids is 2. The van der Waals surface area contributed by atoms with Gasteiger partial charge in [0.15, 0.2) is 16.6 Å². The zero-order valence-electron chi connectivity index (χ0n) is 14.7. The van der Waals surface area contributed by atoms with Crippen LogP contribution in [0.5, 0.6) is 5.75 Å². The number of nitrogens with one attached hydrogen (secondary N) is 1. The highest BCUT2D eigenvalue weighted by molar-refractivity contribution is 7.14. The topological polar surface area (TPSA) is 104 Å². The van der Waals surface area contributed by atoms with E-state index in [1.807, 2.05) is 18.2 Å². The van der Waals surface area contributed by atoms with Crippen molar-refractivity contribution in [2.45, 2.75) is 13.3 Å². The molecule has 0 saturated carbocycles. The number of benzene rings is 1. The number of anilines is 1. The molecule has 9 heteroatoms. The summed E-state index contributed by atoms with van der Waals surface area (Å²) in [5.74, 6) is 0.208. The van der Waals surface area contributed by atoms with Crippen LogP contribution in [0, 0.1) is 0 Å². The number of esters is 1. The van der Waals surface area contributed by atoms with Gasteiger partial charge < -0.3 is 14.0 Å². The van der Waals surface area contributed by atoms with Gasteiger partial charge in [-0.25, -0.2) is 4.98 Å². The number of para-hydroxylation sites is 1. The van der Waals surface area contributed by atoms with E-state index in [2.05, 4.69) is 15.5 Å². The van der Waals surface area contributed by atoms with Crippen molar-refractivity contribution >= 4 is 28.3 Å². The molecule has 2 heterocycles. The summed E-state index contributed by atoms with van der Waals surface area (Å²) in [4.78, 5) is 28.0. The quantitative estimate of drug-likeness (QED) is 0.621. The molecular weight excluding hydrogens is 370 g/mol. The summed E-state index contributed by atoms with van der Waals surface area (Å²) in [5, 5.41) is 8.50. The van der Waals surface area contributed by atoms with E-state index in [9.17, 15) is 9.59 Å². The van der Waals surface area contributed by atoms with Gasteiger partial charge in [0.05, 0.1) is 31.4 Å². The summed E-state index contributed by atoms with van der Waals surface area (Å²) in [6, 6.07) is 8.80. The van der Waals surface area contributed by atoms with Crippen molar-refractivity contribution in [2.75, 3.05) is 19.0 Å². The maximum Gasteiger partial charge on any atom is 0.311 e. The molecule has 0 saturated heterocycles. The predicted molar refractivity (Wildman–Crippen MR) is 98.9 cm³/mol. The number of carbonyl (C=O) groups is 2. The number of hydrogen-bond donors (Lipinski definition) is 1. The fraction of sp³-hybridized carbons (Fsp3) is 0.222. The van der Waals surface area contributed by atoms with E-state index < -0.39 is 5.91 Å². The number of ether oxygens (including phenoxy) is 2. The predicted octanol–water partition coefficient (Wildman–Crippen LogP) is 3.16. The van der Waals surface area contributed by atoms with Crippen LogP contribution >= 0.6 is 11.3 Å². The Hall–Kier alpha value is -3.20. The van der Waals surface area contributed by atoms with Crippen LogP contribution in [0.2, 0.25) is 0 Å². The fourth-order valence-electron chi connectivity index (χ4n) is 2.32. The van der Waals surface area contributed by atoms with Crippen LogP contribution in [0.15, 0.2) is 40.2 Å². The molecule has 1 amide bonds. The molecular formula is C18H17N3O5S. The van der Waals surface area contributed by atoms with Crippen molar-refractivity contribution in [3.63, 3.8) is 0 Å². The summed E-state index contributed by atoms with van der Waals surface area (Å²) in [7, 11) is 1.55. The minimum atomic E-state index is -0.461. The van der Waals surface area contributed by atoms with E-state index in [1.54, 1.807) is 25.5 Å². The first-order valence-corrected chi connectivity index (χ1v) is 9.00. The molecule has 0 atom stereocenters. The van der Waals surface area contributed by atoms with Crippen molar-refractivity contribution in [3.05, 3.63) is 47.1 Å². The third-order valence-electron chi connectivity index (χ3n) is 3.52. The van der Waals surface area contributed by atoms with E-state index in [4.69, 9.17) is 14.0 Å². The smallest absolute Gasteiger partial charge is 0.311 e. The monoisotopic (exact) mass is 387 g/mol. The maximum absolute atomic E-state index is 12.4. The van der Waals surface area contributed by atoms with Crippen molar-refractivity contribution in [3.8, 4) is 17.1 Å². The van der Waals surface area contributed by atoms with Gasteiger partial charge in [0, 0.05) is 11.4 Å². The average Bonchev–Trinajstić information content (AvgIpc) is 3.31. The van der Waals surface area contributed by atoms with Gasteiger partial charge in [0.1, 0.15) is 5.75 Å². The van der Waals surface area contributed by atoms with Crippen LogP contribution in [-0.4, -0.2) is 35.7 Å². The average molecular weight is 387 g/mol. The van der Waals surface area contributed by atoms with Crippen molar-refractivity contribution in [2.24, 2.45) is 0 Å². The lowest BCUT2D eigenvalue weighted by atomic mass is 10.1. The summed E-state index contributed by atoms with van der Waals surface area (Å²) in [6.45, 7) is 2.05. The van der Waals surface area contributed by atoms with E-state index in [0.29, 0.717) is 34.5 Å². The van der Waals surface area contributed by atoms with Gasteiger partial charge in [-0.1, -0.05) is 17.3 Å².